The molecule has 0 aliphatic carbocycles. The number of likely N-dealkylation sites (tertiary alicyclic amines) is 1. The number of carbonyl (C=O) groups excluding carboxylic acids is 1. The molecule has 2 aromatic rings. The van der Waals surface area contributed by atoms with Crippen molar-refractivity contribution in [3.8, 4) is 0 Å². The summed E-state index contributed by atoms with van der Waals surface area (Å²) >= 11 is 0. The van der Waals surface area contributed by atoms with Gasteiger partial charge >= 0.3 is 0 Å². The van der Waals surface area contributed by atoms with Crippen LogP contribution in [-0.4, -0.2) is 30.3 Å². The maximum Gasteiger partial charge on any atom is 0.180 e. The summed E-state index contributed by atoms with van der Waals surface area (Å²) in [5.74, 6) is 0.168. The number of hydrogen-bond acceptors (Lipinski definition) is 3. The molecule has 1 saturated heterocycles. The van der Waals surface area contributed by atoms with Crippen molar-refractivity contribution in [2.75, 3.05) is 19.6 Å². The molecule has 0 radical (unpaired) electrons. The Hall–Kier alpha value is -1.61. The number of rotatable bonds is 3. The van der Waals surface area contributed by atoms with E-state index in [9.17, 15) is 4.79 Å². The molecule has 18 heavy (non-hydrogen) atoms. The van der Waals surface area contributed by atoms with E-state index in [1.54, 1.807) is 6.26 Å². The molecule has 0 saturated carbocycles. The third-order valence-electron chi connectivity index (χ3n) is 3.60. The highest BCUT2D eigenvalue weighted by Gasteiger charge is 2.18. The smallest absolute Gasteiger partial charge is 0.180 e. The predicted octanol–water partition coefficient (Wildman–Crippen LogP) is 3.10. The van der Waals surface area contributed by atoms with Gasteiger partial charge in [0.05, 0.1) is 12.1 Å². The largest absolute Gasteiger partial charge is 0.464 e. The minimum Gasteiger partial charge on any atom is -0.464 e. The summed E-state index contributed by atoms with van der Waals surface area (Å²) < 4.78 is 5.42. The molecule has 1 aromatic carbocycles. The number of furan rings is 1. The zero-order chi connectivity index (χ0) is 12.4. The summed E-state index contributed by atoms with van der Waals surface area (Å²) in [6.45, 7) is 2.60. The number of carbonyl (C=O) groups is 1. The molecule has 0 bridgehead atoms. The number of benzene rings is 1. The van der Waals surface area contributed by atoms with Crippen LogP contribution in [0.1, 0.15) is 29.6 Å². The highest BCUT2D eigenvalue weighted by molar-refractivity contribution is 6.08. The van der Waals surface area contributed by atoms with Crippen LogP contribution in [0.25, 0.3) is 11.0 Å². The second-order valence-electron chi connectivity index (χ2n) is 4.91. The molecule has 1 aromatic heterocycles. The van der Waals surface area contributed by atoms with Crippen LogP contribution in [-0.2, 0) is 0 Å². The van der Waals surface area contributed by atoms with Crippen LogP contribution in [0.3, 0.4) is 0 Å². The fourth-order valence-electron chi connectivity index (χ4n) is 2.60. The molecule has 0 amide bonds. The van der Waals surface area contributed by atoms with Crippen molar-refractivity contribution >= 4 is 16.8 Å². The molecule has 3 nitrogen and oxygen atoms in total. The van der Waals surface area contributed by atoms with Crippen LogP contribution in [0.4, 0.5) is 0 Å². The summed E-state index contributed by atoms with van der Waals surface area (Å²) in [7, 11) is 0. The normalized spacial score (nSPS) is 17.1. The van der Waals surface area contributed by atoms with E-state index in [-0.39, 0.29) is 5.78 Å². The van der Waals surface area contributed by atoms with Gasteiger partial charge < -0.3 is 4.42 Å². The van der Waals surface area contributed by atoms with Gasteiger partial charge in [-0.1, -0.05) is 24.6 Å². The van der Waals surface area contributed by atoms with E-state index in [0.29, 0.717) is 6.54 Å². The van der Waals surface area contributed by atoms with E-state index in [1.807, 2.05) is 24.3 Å². The maximum absolute atomic E-state index is 12.3. The highest BCUT2D eigenvalue weighted by atomic mass is 16.3. The van der Waals surface area contributed by atoms with Crippen LogP contribution < -0.4 is 0 Å². The van der Waals surface area contributed by atoms with Crippen molar-refractivity contribution < 1.29 is 9.21 Å². The first-order valence-corrected chi connectivity index (χ1v) is 6.56. The lowest BCUT2D eigenvalue weighted by Crippen LogP contribution is -2.34. The lowest BCUT2D eigenvalue weighted by molar-refractivity contribution is 0.0916. The van der Waals surface area contributed by atoms with Gasteiger partial charge in [-0.25, -0.2) is 0 Å². The summed E-state index contributed by atoms with van der Waals surface area (Å²) in [4.78, 5) is 14.5. The summed E-state index contributed by atoms with van der Waals surface area (Å²) in [6.07, 6.45) is 5.30. The Bertz CT molecular complexity index is 552. The van der Waals surface area contributed by atoms with E-state index < -0.39 is 0 Å². The Kier molecular flexibility index (Phi) is 3.15. The molecular formula is C15H17NO2. The van der Waals surface area contributed by atoms with E-state index in [4.69, 9.17) is 4.42 Å². The van der Waals surface area contributed by atoms with E-state index in [0.717, 1.165) is 29.6 Å². The topological polar surface area (TPSA) is 33.5 Å². The van der Waals surface area contributed by atoms with Gasteiger partial charge in [0.15, 0.2) is 5.78 Å². The first-order valence-electron chi connectivity index (χ1n) is 6.56. The number of nitrogens with zero attached hydrogens (tertiary/aromatic N) is 1. The standard InChI is InChI=1S/C15H17NO2/c17-14(10-16-8-4-1-5-9-16)13-11-18-15-7-3-2-6-12(13)15/h2-3,6-7,11H,1,4-5,8-10H2. The number of ketones is 1. The second kappa shape index (κ2) is 4.94. The molecule has 94 valence electrons. The van der Waals surface area contributed by atoms with Gasteiger partial charge in [0, 0.05) is 5.39 Å². The monoisotopic (exact) mass is 243 g/mol. The van der Waals surface area contributed by atoms with Crippen molar-refractivity contribution in [1.82, 2.24) is 4.90 Å². The minimum atomic E-state index is 0.168. The highest BCUT2D eigenvalue weighted by Crippen LogP contribution is 2.21. The van der Waals surface area contributed by atoms with Crippen LogP contribution in [0.2, 0.25) is 0 Å². The van der Waals surface area contributed by atoms with Gasteiger partial charge in [-0.3, -0.25) is 9.69 Å². The van der Waals surface area contributed by atoms with Crippen molar-refractivity contribution in [2.24, 2.45) is 0 Å². The van der Waals surface area contributed by atoms with Crippen LogP contribution >= 0.6 is 0 Å². The lowest BCUT2D eigenvalue weighted by atomic mass is 10.1. The molecule has 3 rings (SSSR count). The van der Waals surface area contributed by atoms with Crippen LogP contribution in [0.15, 0.2) is 34.9 Å². The Morgan fingerprint density at radius 3 is 2.78 bits per heavy atom. The number of piperidine rings is 1. The lowest BCUT2D eigenvalue weighted by Gasteiger charge is -2.25. The Morgan fingerprint density at radius 1 is 1.17 bits per heavy atom. The summed E-state index contributed by atoms with van der Waals surface area (Å²) in [5, 5.41) is 0.930. The van der Waals surface area contributed by atoms with Crippen molar-refractivity contribution in [3.05, 3.63) is 36.1 Å². The second-order valence-corrected chi connectivity index (χ2v) is 4.91. The molecule has 3 heteroatoms. The number of para-hydroxylation sites is 1. The van der Waals surface area contributed by atoms with Crippen LogP contribution in [0, 0.1) is 0 Å². The Balaban J connectivity index is 1.79. The molecule has 1 aliphatic rings. The van der Waals surface area contributed by atoms with Crippen LogP contribution in [0.5, 0.6) is 0 Å². The van der Waals surface area contributed by atoms with Gasteiger partial charge in [-0.05, 0) is 32.0 Å². The zero-order valence-electron chi connectivity index (χ0n) is 10.4. The van der Waals surface area contributed by atoms with Gasteiger partial charge in [-0.15, -0.1) is 0 Å². The third kappa shape index (κ3) is 2.18. The number of Topliss-reactive ketones (excluding diaryl/α,β-unsaturated/α-hetero) is 1. The molecular weight excluding hydrogens is 226 g/mol. The molecule has 0 atom stereocenters. The quantitative estimate of drug-likeness (QED) is 0.777. The van der Waals surface area contributed by atoms with Gasteiger partial charge in [-0.2, -0.15) is 0 Å². The predicted molar refractivity (Wildman–Crippen MR) is 70.8 cm³/mol. The summed E-state index contributed by atoms with van der Waals surface area (Å²) in [6, 6.07) is 7.70. The van der Waals surface area contributed by atoms with Crippen molar-refractivity contribution in [2.45, 2.75) is 19.3 Å². The van der Waals surface area contributed by atoms with Gasteiger partial charge in [0.1, 0.15) is 11.8 Å². The molecule has 0 unspecified atom stereocenters. The Labute approximate surface area is 106 Å². The third-order valence-corrected chi connectivity index (χ3v) is 3.60. The molecule has 1 aliphatic heterocycles. The van der Waals surface area contributed by atoms with E-state index in [2.05, 4.69) is 4.90 Å². The fourth-order valence-corrected chi connectivity index (χ4v) is 2.60. The minimum absolute atomic E-state index is 0.168. The first kappa shape index (κ1) is 11.5. The average molecular weight is 243 g/mol. The fraction of sp³-hybridized carbons (Fsp3) is 0.400. The number of hydrogen-bond donors (Lipinski definition) is 0. The van der Waals surface area contributed by atoms with Gasteiger partial charge in [0.2, 0.25) is 0 Å². The van der Waals surface area contributed by atoms with E-state index in [1.165, 1.54) is 19.3 Å². The first-order chi connectivity index (χ1) is 8.84. The molecule has 0 N–H and O–H groups in total. The molecule has 0 spiro atoms. The van der Waals surface area contributed by atoms with E-state index >= 15 is 0 Å². The number of fused-ring (bicyclic) bond motifs is 1. The average Bonchev–Trinajstić information content (AvgIpc) is 2.84. The molecule has 1 fully saturated rings. The van der Waals surface area contributed by atoms with Gasteiger partial charge in [0.25, 0.3) is 0 Å². The zero-order valence-corrected chi connectivity index (χ0v) is 10.4. The maximum atomic E-state index is 12.3. The van der Waals surface area contributed by atoms with Crippen molar-refractivity contribution in [3.63, 3.8) is 0 Å². The van der Waals surface area contributed by atoms with Crippen molar-refractivity contribution in [1.29, 1.82) is 0 Å². The summed E-state index contributed by atoms with van der Waals surface area (Å²) in [5.41, 5.74) is 1.51. The SMILES string of the molecule is O=C(CN1CCCCC1)c1coc2ccccc12. The Morgan fingerprint density at radius 2 is 1.94 bits per heavy atom. The molecule has 2 heterocycles.